The van der Waals surface area contributed by atoms with Crippen LogP contribution < -0.4 is 5.56 Å². The highest BCUT2D eigenvalue weighted by Gasteiger charge is 2.29. The minimum atomic E-state index is -0.535. The topological polar surface area (TPSA) is 79.7 Å². The molecule has 1 aliphatic rings. The fourth-order valence-corrected chi connectivity index (χ4v) is 2.90. The standard InChI is InChI=1S/C16H22N4O3/c1-10-9-19(15(22)23-16(2,3)4)8-6-11-13(10)18-12-5-7-17-20(12)14(11)21/h5,7,10,17H,6,8-9H2,1-4H3. The van der Waals surface area contributed by atoms with E-state index in [-0.39, 0.29) is 17.6 Å². The lowest BCUT2D eigenvalue weighted by atomic mass is 10.0. The molecule has 23 heavy (non-hydrogen) atoms. The maximum atomic E-state index is 12.6. The summed E-state index contributed by atoms with van der Waals surface area (Å²) >= 11 is 0. The van der Waals surface area contributed by atoms with Gasteiger partial charge >= 0.3 is 6.09 Å². The summed E-state index contributed by atoms with van der Waals surface area (Å²) < 4.78 is 6.89. The molecule has 124 valence electrons. The smallest absolute Gasteiger partial charge is 0.410 e. The second-order valence-corrected chi connectivity index (χ2v) is 7.01. The Balaban J connectivity index is 1.92. The van der Waals surface area contributed by atoms with Crippen molar-refractivity contribution in [1.29, 1.82) is 0 Å². The highest BCUT2D eigenvalue weighted by atomic mass is 16.6. The van der Waals surface area contributed by atoms with Crippen LogP contribution in [0.1, 0.15) is 44.9 Å². The molecule has 7 heteroatoms. The largest absolute Gasteiger partial charge is 0.444 e. The Hall–Kier alpha value is -2.31. The van der Waals surface area contributed by atoms with E-state index in [1.165, 1.54) is 4.52 Å². The van der Waals surface area contributed by atoms with E-state index in [9.17, 15) is 9.59 Å². The third kappa shape index (κ3) is 2.95. The predicted molar refractivity (Wildman–Crippen MR) is 85.7 cm³/mol. The van der Waals surface area contributed by atoms with Crippen molar-refractivity contribution in [1.82, 2.24) is 19.5 Å². The van der Waals surface area contributed by atoms with Crippen LogP contribution in [-0.4, -0.2) is 44.3 Å². The van der Waals surface area contributed by atoms with E-state index in [2.05, 4.69) is 10.1 Å². The Morgan fingerprint density at radius 2 is 2.17 bits per heavy atom. The van der Waals surface area contributed by atoms with Gasteiger partial charge in [-0.25, -0.2) is 14.3 Å². The minimum absolute atomic E-state index is 0.0207. The number of ether oxygens (including phenoxy) is 1. The van der Waals surface area contributed by atoms with Crippen LogP contribution in [0.25, 0.3) is 5.65 Å². The van der Waals surface area contributed by atoms with Crippen LogP contribution in [0.4, 0.5) is 4.79 Å². The summed E-state index contributed by atoms with van der Waals surface area (Å²) in [5.74, 6) is -0.0207. The van der Waals surface area contributed by atoms with Gasteiger partial charge < -0.3 is 9.64 Å². The molecular weight excluding hydrogens is 296 g/mol. The fraction of sp³-hybridized carbons (Fsp3) is 0.562. The van der Waals surface area contributed by atoms with Crippen LogP contribution in [0, 0.1) is 0 Å². The molecule has 2 aromatic heterocycles. The molecule has 1 N–H and O–H groups in total. The molecule has 0 radical (unpaired) electrons. The first-order chi connectivity index (χ1) is 10.8. The van der Waals surface area contributed by atoms with Gasteiger partial charge in [0.05, 0.1) is 5.69 Å². The Labute approximate surface area is 134 Å². The number of hydrogen-bond donors (Lipinski definition) is 1. The highest BCUT2D eigenvalue weighted by molar-refractivity contribution is 5.68. The monoisotopic (exact) mass is 318 g/mol. The molecule has 3 heterocycles. The molecule has 7 nitrogen and oxygen atoms in total. The molecule has 1 atom stereocenters. The Morgan fingerprint density at radius 1 is 1.43 bits per heavy atom. The van der Waals surface area contributed by atoms with Crippen molar-refractivity contribution in [3.8, 4) is 0 Å². The summed E-state index contributed by atoms with van der Waals surface area (Å²) in [7, 11) is 0. The van der Waals surface area contributed by atoms with Gasteiger partial charge in [-0.2, -0.15) is 0 Å². The molecule has 0 bridgehead atoms. The van der Waals surface area contributed by atoms with Gasteiger partial charge in [-0.1, -0.05) is 6.92 Å². The maximum absolute atomic E-state index is 12.6. The van der Waals surface area contributed by atoms with Crippen molar-refractivity contribution in [3.63, 3.8) is 0 Å². The normalized spacial score (nSPS) is 18.6. The number of aromatic amines is 1. The number of amides is 1. The zero-order chi connectivity index (χ0) is 16.8. The van der Waals surface area contributed by atoms with Gasteiger partial charge in [0.2, 0.25) is 0 Å². The van der Waals surface area contributed by atoms with Crippen molar-refractivity contribution >= 4 is 11.7 Å². The predicted octanol–water partition coefficient (Wildman–Crippen LogP) is 1.92. The summed E-state index contributed by atoms with van der Waals surface area (Å²) in [6.07, 6.45) is 1.83. The molecule has 1 amide bonds. The van der Waals surface area contributed by atoms with E-state index in [0.29, 0.717) is 30.7 Å². The molecule has 2 aromatic rings. The van der Waals surface area contributed by atoms with E-state index in [1.807, 2.05) is 27.7 Å². The van der Waals surface area contributed by atoms with Gasteiger partial charge in [0, 0.05) is 36.8 Å². The second-order valence-electron chi connectivity index (χ2n) is 7.01. The summed E-state index contributed by atoms with van der Waals surface area (Å²) in [5, 5.41) is 2.87. The zero-order valence-corrected chi connectivity index (χ0v) is 13.9. The first-order valence-electron chi connectivity index (χ1n) is 7.83. The van der Waals surface area contributed by atoms with Gasteiger partial charge in [0.15, 0.2) is 5.65 Å². The van der Waals surface area contributed by atoms with E-state index in [1.54, 1.807) is 17.2 Å². The third-order valence-corrected chi connectivity index (χ3v) is 3.92. The zero-order valence-electron chi connectivity index (χ0n) is 13.9. The molecule has 0 spiro atoms. The maximum Gasteiger partial charge on any atom is 0.410 e. The Kier molecular flexibility index (Phi) is 3.66. The summed E-state index contributed by atoms with van der Waals surface area (Å²) in [5.41, 5.74) is 1.43. The molecule has 1 unspecified atom stereocenters. The van der Waals surface area contributed by atoms with Gasteiger partial charge in [0.25, 0.3) is 5.56 Å². The van der Waals surface area contributed by atoms with Crippen LogP contribution in [-0.2, 0) is 11.2 Å². The van der Waals surface area contributed by atoms with Gasteiger partial charge in [-0.3, -0.25) is 9.89 Å². The number of H-pyrrole nitrogens is 1. The number of aromatic nitrogens is 3. The van der Waals surface area contributed by atoms with Gasteiger partial charge in [0.1, 0.15) is 5.60 Å². The molecular formula is C16H22N4O3. The van der Waals surface area contributed by atoms with E-state index >= 15 is 0 Å². The Bertz CT molecular complexity index is 800. The quantitative estimate of drug-likeness (QED) is 0.805. The molecule has 1 aliphatic heterocycles. The van der Waals surface area contributed by atoms with Crippen LogP contribution in [0.2, 0.25) is 0 Å². The number of fused-ring (bicyclic) bond motifs is 2. The van der Waals surface area contributed by atoms with Crippen LogP contribution in [0.3, 0.4) is 0 Å². The van der Waals surface area contributed by atoms with Crippen molar-refractivity contribution < 1.29 is 9.53 Å². The number of hydrogen-bond acceptors (Lipinski definition) is 4. The van der Waals surface area contributed by atoms with Gasteiger partial charge in [-0.05, 0) is 27.2 Å². The number of nitrogens with one attached hydrogen (secondary N) is 1. The molecule has 0 fully saturated rings. The SMILES string of the molecule is CC1CN(C(=O)OC(C)(C)C)CCc2c1nc1cc[nH]n1c2=O. The first-order valence-corrected chi connectivity index (χ1v) is 7.83. The molecule has 0 saturated carbocycles. The molecule has 0 aliphatic carbocycles. The lowest BCUT2D eigenvalue weighted by Gasteiger charge is -2.27. The minimum Gasteiger partial charge on any atom is -0.444 e. The summed E-state index contributed by atoms with van der Waals surface area (Å²) in [6, 6.07) is 1.77. The number of carbonyl (C=O) groups is 1. The summed E-state index contributed by atoms with van der Waals surface area (Å²) in [6.45, 7) is 8.47. The van der Waals surface area contributed by atoms with Crippen molar-refractivity contribution in [3.05, 3.63) is 33.9 Å². The average molecular weight is 318 g/mol. The summed E-state index contributed by atoms with van der Waals surface area (Å²) in [4.78, 5) is 31.2. The van der Waals surface area contributed by atoms with Crippen molar-refractivity contribution in [2.24, 2.45) is 0 Å². The number of rotatable bonds is 0. The van der Waals surface area contributed by atoms with Crippen molar-refractivity contribution in [2.45, 2.75) is 45.6 Å². The molecule has 3 rings (SSSR count). The number of carbonyl (C=O) groups excluding carboxylic acids is 1. The fourth-order valence-electron chi connectivity index (χ4n) is 2.90. The van der Waals surface area contributed by atoms with E-state index in [0.717, 1.165) is 5.69 Å². The van der Waals surface area contributed by atoms with Crippen LogP contribution >= 0.6 is 0 Å². The third-order valence-electron chi connectivity index (χ3n) is 3.92. The van der Waals surface area contributed by atoms with Crippen LogP contribution in [0.15, 0.2) is 17.1 Å². The lowest BCUT2D eigenvalue weighted by Crippen LogP contribution is -2.39. The van der Waals surface area contributed by atoms with Crippen LogP contribution in [0.5, 0.6) is 0 Å². The van der Waals surface area contributed by atoms with E-state index in [4.69, 9.17) is 4.74 Å². The Morgan fingerprint density at radius 3 is 2.87 bits per heavy atom. The number of nitrogens with zero attached hydrogens (tertiary/aromatic N) is 3. The lowest BCUT2D eigenvalue weighted by molar-refractivity contribution is 0.0248. The average Bonchev–Trinajstić information content (AvgIpc) is 2.84. The highest BCUT2D eigenvalue weighted by Crippen LogP contribution is 2.23. The first kappa shape index (κ1) is 15.6. The molecule has 0 aromatic carbocycles. The second kappa shape index (κ2) is 5.40. The molecule has 0 saturated heterocycles. The van der Waals surface area contributed by atoms with E-state index < -0.39 is 5.60 Å². The van der Waals surface area contributed by atoms with Gasteiger partial charge in [-0.15, -0.1) is 0 Å². The van der Waals surface area contributed by atoms with Crippen molar-refractivity contribution in [2.75, 3.05) is 13.1 Å².